The zero-order valence-corrected chi connectivity index (χ0v) is 31.5. The highest BCUT2D eigenvalue weighted by Gasteiger charge is 2.48. The number of aliphatic hydroxyl groups is 3. The van der Waals surface area contributed by atoms with Crippen LogP contribution in [-0.4, -0.2) is 97.5 Å². The van der Waals surface area contributed by atoms with Crippen molar-refractivity contribution in [1.29, 1.82) is 0 Å². The van der Waals surface area contributed by atoms with E-state index in [-0.39, 0.29) is 19.6 Å². The van der Waals surface area contributed by atoms with E-state index in [2.05, 4.69) is 42.3 Å². The van der Waals surface area contributed by atoms with E-state index in [4.69, 9.17) is 23.5 Å². The van der Waals surface area contributed by atoms with Crippen molar-refractivity contribution in [3.63, 3.8) is 0 Å². The minimum atomic E-state index is -5.05. The molecule has 1 heterocycles. The van der Waals surface area contributed by atoms with Gasteiger partial charge in [0.1, 0.15) is 30.5 Å². The molecule has 1 aliphatic heterocycles. The van der Waals surface area contributed by atoms with Gasteiger partial charge in [-0.25, -0.2) is 4.18 Å². The standard InChI is InChI=1S/C37H68O12S/c1-3-5-7-9-11-13-14-15-16-17-18-19-21-23-25-27-45-29-31(47-33(39)26-24-22-20-12-10-8-6-4-2)30-46-37-35(41)36(49-50(42,43)44)34(40)32(28-38)48-37/h9,11,14-15,31-32,34-38,40-41H,3-8,10,12-13,16-30H2,1-2H3,(H,42,43,44)/b11-9-,15-14-. The van der Waals surface area contributed by atoms with Crippen LogP contribution in [0.15, 0.2) is 24.3 Å². The van der Waals surface area contributed by atoms with Crippen molar-refractivity contribution in [3.05, 3.63) is 24.3 Å². The third-order valence-electron chi connectivity index (χ3n) is 8.58. The number of ether oxygens (including phenoxy) is 4. The Kier molecular flexibility index (Phi) is 28.0. The number of unbranched alkanes of at least 4 members (excludes halogenated alkanes) is 15. The molecule has 1 rings (SSSR count). The molecule has 0 aromatic rings. The number of hydrogen-bond acceptors (Lipinski definition) is 11. The predicted octanol–water partition coefficient (Wildman–Crippen LogP) is 6.51. The largest absolute Gasteiger partial charge is 0.457 e. The SMILES string of the molecule is CCCC/C=C\C/C=C\CCCCCCCCOCC(COC1OC(CO)C(O)C(OS(=O)(=O)O)C1O)OC(=O)CCCCCCCCCC. The van der Waals surface area contributed by atoms with E-state index in [1.807, 2.05) is 0 Å². The van der Waals surface area contributed by atoms with Crippen LogP contribution in [0.3, 0.4) is 0 Å². The van der Waals surface area contributed by atoms with Gasteiger partial charge < -0.3 is 34.3 Å². The molecule has 0 spiro atoms. The molecule has 1 saturated heterocycles. The monoisotopic (exact) mass is 736 g/mol. The summed E-state index contributed by atoms with van der Waals surface area (Å²) in [6.07, 6.45) is 20.9. The molecule has 0 saturated carbocycles. The van der Waals surface area contributed by atoms with Crippen LogP contribution < -0.4 is 0 Å². The van der Waals surface area contributed by atoms with Gasteiger partial charge >= 0.3 is 16.4 Å². The van der Waals surface area contributed by atoms with Crippen molar-refractivity contribution in [1.82, 2.24) is 0 Å². The van der Waals surface area contributed by atoms with Crippen LogP contribution in [-0.2, 0) is 38.3 Å². The smallest absolute Gasteiger partial charge is 0.397 e. The summed E-state index contributed by atoms with van der Waals surface area (Å²) in [5.74, 6) is -0.409. The molecule has 294 valence electrons. The number of aliphatic hydroxyl groups excluding tert-OH is 3. The summed E-state index contributed by atoms with van der Waals surface area (Å²) in [5.41, 5.74) is 0. The Labute approximate surface area is 301 Å². The Balaban J connectivity index is 2.49. The van der Waals surface area contributed by atoms with Gasteiger partial charge in [-0.3, -0.25) is 9.35 Å². The lowest BCUT2D eigenvalue weighted by atomic mass is 9.99. The number of rotatable bonds is 32. The summed E-state index contributed by atoms with van der Waals surface area (Å²) in [6.45, 7) is 3.86. The summed E-state index contributed by atoms with van der Waals surface area (Å²) in [6, 6.07) is 0. The topological polar surface area (TPSA) is 178 Å². The maximum Gasteiger partial charge on any atom is 0.397 e. The van der Waals surface area contributed by atoms with Crippen LogP contribution in [0.2, 0.25) is 0 Å². The Hall–Kier alpha value is -1.42. The van der Waals surface area contributed by atoms with Crippen LogP contribution in [0, 0.1) is 0 Å². The maximum absolute atomic E-state index is 12.7. The number of carbonyl (C=O) groups is 1. The van der Waals surface area contributed by atoms with Crippen LogP contribution in [0.25, 0.3) is 0 Å². The Morgan fingerprint density at radius 1 is 0.760 bits per heavy atom. The number of esters is 1. The minimum absolute atomic E-state index is 0.0309. The van der Waals surface area contributed by atoms with Gasteiger partial charge in [-0.2, -0.15) is 8.42 Å². The summed E-state index contributed by atoms with van der Waals surface area (Å²) in [5, 5.41) is 30.5. The fourth-order valence-electron chi connectivity index (χ4n) is 5.63. The van der Waals surface area contributed by atoms with Gasteiger partial charge in [0.05, 0.1) is 19.8 Å². The molecule has 0 radical (unpaired) electrons. The Morgan fingerprint density at radius 2 is 1.34 bits per heavy atom. The number of carbonyl (C=O) groups excluding carboxylic acids is 1. The third-order valence-corrected chi connectivity index (χ3v) is 9.04. The zero-order chi connectivity index (χ0) is 36.9. The molecule has 13 heteroatoms. The molecule has 6 unspecified atom stereocenters. The third kappa shape index (κ3) is 23.9. The molecule has 6 atom stereocenters. The van der Waals surface area contributed by atoms with E-state index in [0.717, 1.165) is 64.2 Å². The minimum Gasteiger partial charge on any atom is -0.457 e. The number of allylic oxidation sites excluding steroid dienone is 4. The first-order chi connectivity index (χ1) is 24.1. The van der Waals surface area contributed by atoms with E-state index in [1.54, 1.807) is 0 Å². The zero-order valence-electron chi connectivity index (χ0n) is 30.7. The van der Waals surface area contributed by atoms with Gasteiger partial charge in [-0.1, -0.05) is 122 Å². The van der Waals surface area contributed by atoms with Crippen molar-refractivity contribution in [2.24, 2.45) is 0 Å². The maximum atomic E-state index is 12.7. The first-order valence-electron chi connectivity index (χ1n) is 19.1. The van der Waals surface area contributed by atoms with Crippen molar-refractivity contribution in [2.75, 3.05) is 26.4 Å². The fourth-order valence-corrected chi connectivity index (χ4v) is 6.14. The number of hydrogen-bond donors (Lipinski definition) is 4. The lowest BCUT2D eigenvalue weighted by Crippen LogP contribution is -2.60. The molecule has 1 fully saturated rings. The fraction of sp³-hybridized carbons (Fsp3) is 0.865. The van der Waals surface area contributed by atoms with Gasteiger partial charge in [0.15, 0.2) is 6.29 Å². The van der Waals surface area contributed by atoms with Crippen molar-refractivity contribution in [3.8, 4) is 0 Å². The van der Waals surface area contributed by atoms with Crippen LogP contribution in [0.5, 0.6) is 0 Å². The van der Waals surface area contributed by atoms with Crippen LogP contribution >= 0.6 is 0 Å². The quantitative estimate of drug-likeness (QED) is 0.0255. The molecule has 0 aliphatic carbocycles. The van der Waals surface area contributed by atoms with E-state index >= 15 is 0 Å². The van der Waals surface area contributed by atoms with E-state index in [1.165, 1.54) is 51.4 Å². The molecule has 0 aromatic carbocycles. The van der Waals surface area contributed by atoms with Gasteiger partial charge in [-0.05, 0) is 38.5 Å². The molecule has 50 heavy (non-hydrogen) atoms. The van der Waals surface area contributed by atoms with E-state index in [9.17, 15) is 28.5 Å². The summed E-state index contributed by atoms with van der Waals surface area (Å²) >= 11 is 0. The second-order valence-corrected chi connectivity index (χ2v) is 14.2. The second kappa shape index (κ2) is 30.1. The van der Waals surface area contributed by atoms with E-state index in [0.29, 0.717) is 13.0 Å². The van der Waals surface area contributed by atoms with E-state index < -0.39 is 59.8 Å². The summed E-state index contributed by atoms with van der Waals surface area (Å²) < 4.78 is 58.6. The molecular formula is C37H68O12S. The first kappa shape index (κ1) is 46.6. The second-order valence-electron chi connectivity index (χ2n) is 13.2. The lowest BCUT2D eigenvalue weighted by molar-refractivity contribution is -0.301. The summed E-state index contributed by atoms with van der Waals surface area (Å²) in [7, 11) is -5.05. The lowest BCUT2D eigenvalue weighted by Gasteiger charge is -2.41. The molecule has 0 bridgehead atoms. The average molecular weight is 737 g/mol. The highest BCUT2D eigenvalue weighted by atomic mass is 32.3. The highest BCUT2D eigenvalue weighted by Crippen LogP contribution is 2.26. The molecule has 12 nitrogen and oxygen atoms in total. The summed E-state index contributed by atoms with van der Waals surface area (Å²) in [4.78, 5) is 12.7. The van der Waals surface area contributed by atoms with Gasteiger partial charge in [0.2, 0.25) is 0 Å². The molecule has 1 aliphatic rings. The molecule has 0 amide bonds. The van der Waals surface area contributed by atoms with Gasteiger partial charge in [0.25, 0.3) is 0 Å². The molecule has 4 N–H and O–H groups in total. The molecule has 0 aromatic heterocycles. The average Bonchev–Trinajstić information content (AvgIpc) is 3.08. The van der Waals surface area contributed by atoms with Crippen LogP contribution in [0.4, 0.5) is 0 Å². The van der Waals surface area contributed by atoms with Crippen molar-refractivity contribution in [2.45, 2.75) is 179 Å². The first-order valence-corrected chi connectivity index (χ1v) is 20.5. The predicted molar refractivity (Wildman–Crippen MR) is 193 cm³/mol. The van der Waals surface area contributed by atoms with Gasteiger partial charge in [0, 0.05) is 13.0 Å². The van der Waals surface area contributed by atoms with Crippen molar-refractivity contribution < 1.29 is 56.2 Å². The Bertz CT molecular complexity index is 989. The van der Waals surface area contributed by atoms with Crippen molar-refractivity contribution >= 4 is 16.4 Å². The Morgan fingerprint density at radius 3 is 1.96 bits per heavy atom. The normalized spacial score (nSPS) is 22.1. The highest BCUT2D eigenvalue weighted by molar-refractivity contribution is 7.80. The molecular weight excluding hydrogens is 668 g/mol. The van der Waals surface area contributed by atoms with Crippen LogP contribution in [0.1, 0.15) is 142 Å². The van der Waals surface area contributed by atoms with Gasteiger partial charge in [-0.15, -0.1) is 0 Å².